The van der Waals surface area contributed by atoms with Crippen LogP contribution in [0.1, 0.15) is 47.5 Å². The quantitative estimate of drug-likeness (QED) is 0.579. The Hall–Kier alpha value is -0.120. The molecule has 0 spiro atoms. The molecule has 0 saturated carbocycles. The normalized spacial score (nSPS) is 12.7. The van der Waals surface area contributed by atoms with E-state index in [0.29, 0.717) is 0 Å². The van der Waals surface area contributed by atoms with Crippen molar-refractivity contribution in [2.45, 2.75) is 47.5 Å². The van der Waals surface area contributed by atoms with Gasteiger partial charge in [0.25, 0.3) is 0 Å². The number of ether oxygens (including phenoxy) is 1. The Morgan fingerprint density at radius 2 is 1.83 bits per heavy atom. The number of nitrogens with zero attached hydrogens (tertiary/aromatic N) is 1. The van der Waals surface area contributed by atoms with E-state index in [1.54, 1.807) is 0 Å². The van der Waals surface area contributed by atoms with Crippen molar-refractivity contribution in [1.82, 2.24) is 4.90 Å². The molecule has 0 aromatic heterocycles. The van der Waals surface area contributed by atoms with Gasteiger partial charge in [-0.25, -0.2) is 0 Å². The zero-order valence-corrected chi connectivity index (χ0v) is 13.2. The van der Waals surface area contributed by atoms with Crippen molar-refractivity contribution in [3.63, 3.8) is 0 Å². The number of rotatable bonds is 11. The zero-order chi connectivity index (χ0) is 14.0. The largest absolute Gasteiger partial charge is 0.380 e. The first-order chi connectivity index (χ1) is 8.41. The molecule has 0 aliphatic carbocycles. The van der Waals surface area contributed by atoms with E-state index in [1.165, 1.54) is 6.42 Å². The van der Waals surface area contributed by atoms with Crippen molar-refractivity contribution >= 4 is 0 Å². The molecule has 18 heavy (non-hydrogen) atoms. The molecule has 0 atom stereocenters. The van der Waals surface area contributed by atoms with Gasteiger partial charge in [-0.1, -0.05) is 34.6 Å². The van der Waals surface area contributed by atoms with E-state index < -0.39 is 0 Å². The molecule has 0 aromatic carbocycles. The van der Waals surface area contributed by atoms with Crippen molar-refractivity contribution in [3.8, 4) is 0 Å². The monoisotopic (exact) mass is 258 g/mol. The van der Waals surface area contributed by atoms with Crippen molar-refractivity contribution in [3.05, 3.63) is 0 Å². The van der Waals surface area contributed by atoms with Crippen LogP contribution in [0.4, 0.5) is 0 Å². The summed E-state index contributed by atoms with van der Waals surface area (Å²) in [6.07, 6.45) is 2.34. The zero-order valence-electron chi connectivity index (χ0n) is 13.2. The van der Waals surface area contributed by atoms with Gasteiger partial charge in [-0.15, -0.1) is 0 Å². The highest BCUT2D eigenvalue weighted by molar-refractivity contribution is 4.74. The lowest BCUT2D eigenvalue weighted by molar-refractivity contribution is 0.0828. The van der Waals surface area contributed by atoms with Crippen molar-refractivity contribution in [2.75, 3.05) is 39.4 Å². The van der Waals surface area contributed by atoms with Crippen LogP contribution in [0.25, 0.3) is 0 Å². The predicted octanol–water partition coefficient (Wildman–Crippen LogP) is 2.75. The third kappa shape index (κ3) is 9.86. The summed E-state index contributed by atoms with van der Waals surface area (Å²) in [4.78, 5) is 2.47. The maximum atomic E-state index is 5.80. The van der Waals surface area contributed by atoms with Crippen LogP contribution in [-0.4, -0.2) is 44.3 Å². The van der Waals surface area contributed by atoms with Gasteiger partial charge in [0.2, 0.25) is 0 Å². The smallest absolute Gasteiger partial charge is 0.0593 e. The van der Waals surface area contributed by atoms with Gasteiger partial charge in [-0.2, -0.15) is 0 Å². The number of hydrogen-bond acceptors (Lipinski definition) is 3. The van der Waals surface area contributed by atoms with Crippen molar-refractivity contribution in [1.29, 1.82) is 0 Å². The van der Waals surface area contributed by atoms with Gasteiger partial charge in [-0.3, -0.25) is 0 Å². The Bertz CT molecular complexity index is 193. The first-order valence-electron chi connectivity index (χ1n) is 7.41. The summed E-state index contributed by atoms with van der Waals surface area (Å²) in [5, 5.41) is 0. The van der Waals surface area contributed by atoms with Crippen LogP contribution in [0.5, 0.6) is 0 Å². The maximum Gasteiger partial charge on any atom is 0.0593 e. The Morgan fingerprint density at radius 1 is 1.17 bits per heavy atom. The fraction of sp³-hybridized carbons (Fsp3) is 1.00. The molecule has 0 amide bonds. The van der Waals surface area contributed by atoms with E-state index in [-0.39, 0.29) is 5.41 Å². The summed E-state index contributed by atoms with van der Waals surface area (Å²) in [6, 6.07) is 0. The lowest BCUT2D eigenvalue weighted by Crippen LogP contribution is -2.40. The van der Waals surface area contributed by atoms with Crippen LogP contribution < -0.4 is 5.73 Å². The van der Waals surface area contributed by atoms with E-state index in [4.69, 9.17) is 10.5 Å². The molecule has 0 aromatic rings. The third-order valence-corrected chi connectivity index (χ3v) is 3.14. The van der Waals surface area contributed by atoms with Crippen LogP contribution in [0.2, 0.25) is 0 Å². The lowest BCUT2D eigenvalue weighted by Gasteiger charge is -2.31. The molecular weight excluding hydrogens is 224 g/mol. The average molecular weight is 258 g/mol. The summed E-state index contributed by atoms with van der Waals surface area (Å²) in [5.41, 5.74) is 6.00. The molecule has 2 N–H and O–H groups in total. The van der Waals surface area contributed by atoms with Crippen LogP contribution >= 0.6 is 0 Å². The summed E-state index contributed by atoms with van der Waals surface area (Å²) >= 11 is 0. The minimum Gasteiger partial charge on any atom is -0.380 e. The SMILES string of the molecule is CCCN(CCOCCC(C)C)CC(C)(C)CN. The van der Waals surface area contributed by atoms with Crippen LogP contribution in [0.3, 0.4) is 0 Å². The number of nitrogens with two attached hydrogens (primary N) is 1. The molecule has 110 valence electrons. The summed E-state index contributed by atoms with van der Waals surface area (Å²) in [6.45, 7) is 16.8. The molecule has 0 heterocycles. The summed E-state index contributed by atoms with van der Waals surface area (Å²) < 4.78 is 5.70. The van der Waals surface area contributed by atoms with Gasteiger partial charge in [-0.05, 0) is 37.3 Å². The molecule has 0 aliphatic heterocycles. The first-order valence-corrected chi connectivity index (χ1v) is 7.41. The second-order valence-electron chi connectivity index (χ2n) is 6.44. The van der Waals surface area contributed by atoms with E-state index in [9.17, 15) is 0 Å². The molecule has 0 bridgehead atoms. The second-order valence-corrected chi connectivity index (χ2v) is 6.44. The lowest BCUT2D eigenvalue weighted by atomic mass is 9.93. The van der Waals surface area contributed by atoms with Gasteiger partial charge in [0.15, 0.2) is 0 Å². The van der Waals surface area contributed by atoms with Gasteiger partial charge in [0.05, 0.1) is 6.61 Å². The van der Waals surface area contributed by atoms with Gasteiger partial charge in [0, 0.05) is 19.7 Å². The fourth-order valence-electron chi connectivity index (χ4n) is 1.87. The second kappa shape index (κ2) is 9.76. The number of hydrogen-bond donors (Lipinski definition) is 1. The molecule has 0 radical (unpaired) electrons. The molecule has 0 aliphatic rings. The highest BCUT2D eigenvalue weighted by Gasteiger charge is 2.19. The molecule has 0 unspecified atom stereocenters. The summed E-state index contributed by atoms with van der Waals surface area (Å²) in [7, 11) is 0. The average Bonchev–Trinajstić information content (AvgIpc) is 2.28. The van der Waals surface area contributed by atoms with Gasteiger partial charge < -0.3 is 15.4 Å². The highest BCUT2D eigenvalue weighted by Crippen LogP contribution is 2.14. The van der Waals surface area contributed by atoms with E-state index >= 15 is 0 Å². The van der Waals surface area contributed by atoms with Crippen LogP contribution in [0, 0.1) is 11.3 Å². The Balaban J connectivity index is 3.83. The topological polar surface area (TPSA) is 38.5 Å². The molecule has 0 rings (SSSR count). The van der Waals surface area contributed by atoms with Crippen LogP contribution in [-0.2, 0) is 4.74 Å². The van der Waals surface area contributed by atoms with Crippen molar-refractivity contribution < 1.29 is 4.74 Å². The molecule has 3 nitrogen and oxygen atoms in total. The maximum absolute atomic E-state index is 5.80. The predicted molar refractivity (Wildman–Crippen MR) is 79.8 cm³/mol. The van der Waals surface area contributed by atoms with Gasteiger partial charge >= 0.3 is 0 Å². The molecular formula is C15H34N2O. The minimum absolute atomic E-state index is 0.201. The van der Waals surface area contributed by atoms with E-state index in [0.717, 1.165) is 51.7 Å². The van der Waals surface area contributed by atoms with Crippen molar-refractivity contribution in [2.24, 2.45) is 17.1 Å². The highest BCUT2D eigenvalue weighted by atomic mass is 16.5. The Morgan fingerprint density at radius 3 is 2.33 bits per heavy atom. The summed E-state index contributed by atoms with van der Waals surface area (Å²) in [5.74, 6) is 0.730. The molecule has 3 heteroatoms. The molecule has 0 fully saturated rings. The fourth-order valence-corrected chi connectivity index (χ4v) is 1.87. The Labute approximate surface area is 114 Å². The standard InChI is InChI=1S/C15H34N2O/c1-6-8-17(13-15(4,5)12-16)9-11-18-10-7-14(2)3/h14H,6-13,16H2,1-5H3. The van der Waals surface area contributed by atoms with Gasteiger partial charge in [0.1, 0.15) is 0 Å². The van der Waals surface area contributed by atoms with E-state index in [2.05, 4.69) is 39.5 Å². The Kier molecular flexibility index (Phi) is 9.70. The van der Waals surface area contributed by atoms with Crippen LogP contribution in [0.15, 0.2) is 0 Å². The third-order valence-electron chi connectivity index (χ3n) is 3.14. The minimum atomic E-state index is 0.201. The molecule has 0 saturated heterocycles. The van der Waals surface area contributed by atoms with E-state index in [1.807, 2.05) is 0 Å². The first kappa shape index (κ1) is 17.9.